The van der Waals surface area contributed by atoms with Crippen molar-refractivity contribution in [3.05, 3.63) is 177 Å². The number of H-pyrrole nitrogens is 2. The van der Waals surface area contributed by atoms with Crippen LogP contribution < -0.4 is 35.8 Å². The van der Waals surface area contributed by atoms with Gasteiger partial charge < -0.3 is 72.5 Å². The molecule has 6 N–H and O–H groups in total. The number of nitrogens with one attached hydrogen (secondary N) is 5. The van der Waals surface area contributed by atoms with Gasteiger partial charge in [0.15, 0.2) is 0 Å². The predicted octanol–water partition coefficient (Wildman–Crippen LogP) is 15.1. The minimum Gasteiger partial charge on any atom is -0.420 e. The molecule has 11 aromatic rings. The van der Waals surface area contributed by atoms with Gasteiger partial charge in [0.25, 0.3) is 17.7 Å². The first-order valence-corrected chi connectivity index (χ1v) is 35.2. The Morgan fingerprint density at radius 1 is 0.537 bits per heavy atom. The molecule has 0 unspecified atom stereocenters. The van der Waals surface area contributed by atoms with Crippen molar-refractivity contribution in [3.8, 4) is 28.5 Å². The summed E-state index contributed by atoms with van der Waals surface area (Å²) in [6.07, 6.45) is 3.27. The summed E-state index contributed by atoms with van der Waals surface area (Å²) in [5, 5.41) is 31.3. The summed E-state index contributed by atoms with van der Waals surface area (Å²) in [5.41, 5.74) is -4.09. The van der Waals surface area contributed by atoms with E-state index in [0.29, 0.717) is 107 Å². The molecule has 15 rings (SSSR count). The van der Waals surface area contributed by atoms with Gasteiger partial charge >= 0.3 is 23.8 Å². The summed E-state index contributed by atoms with van der Waals surface area (Å²) in [4.78, 5) is 51.9. The van der Waals surface area contributed by atoms with Crippen molar-refractivity contribution in [3.63, 3.8) is 0 Å². The summed E-state index contributed by atoms with van der Waals surface area (Å²) in [6.45, 7) is 8.45. The van der Waals surface area contributed by atoms with Crippen LogP contribution in [0.1, 0.15) is 94.4 Å². The van der Waals surface area contributed by atoms with Gasteiger partial charge in [0.05, 0.1) is 100 Å². The number of amides is 3. The molecule has 6 aromatic carbocycles. The van der Waals surface area contributed by atoms with Crippen LogP contribution in [0.2, 0.25) is 0 Å². The molecular formula is C69H61BBr2Cl3F8N13O12. The van der Waals surface area contributed by atoms with Gasteiger partial charge in [-0.3, -0.25) is 24.6 Å². The molecule has 39 heteroatoms. The van der Waals surface area contributed by atoms with Crippen molar-refractivity contribution in [2.24, 2.45) is 0 Å². The molecule has 0 radical (unpaired) electrons. The number of alkyl halides is 11. The number of halogens is 13. The smallest absolute Gasteiger partial charge is 0.420 e. The van der Waals surface area contributed by atoms with Crippen LogP contribution >= 0.6 is 66.7 Å². The molecule has 0 bridgehead atoms. The SMILES string of the molecule is CC1(C)OB(c2ccn[nH]2)OC1(C)C.O=C(Nc1ccc(OC(F)(F)Cl)cc1)c1cc(-c2ccn[nH]2)c2c(c1)nc1n2[C@H](CF)COC1.O=C(Nc1ccc(OC(F)(F)Cl)cc1)c1cc(Br)c2c(c1)nc1n2[C@H](CF)COC1.O=C(Nc1ccc(OC(F)(F)Cl)cc1)c1cc(Br)c2c(c1)nc1n2[C@H](CO)COC1. The number of aromatic amines is 2. The van der Waals surface area contributed by atoms with Gasteiger partial charge in [-0.05, 0) is 181 Å². The van der Waals surface area contributed by atoms with Crippen molar-refractivity contribution in [1.82, 2.24) is 49.0 Å². The van der Waals surface area contributed by atoms with Crippen molar-refractivity contribution in [1.29, 1.82) is 0 Å². The van der Waals surface area contributed by atoms with Crippen LogP contribution in [0, 0.1) is 0 Å². The largest absolute Gasteiger partial charge is 0.513 e. The van der Waals surface area contributed by atoms with Crippen LogP contribution in [-0.2, 0) is 43.3 Å². The van der Waals surface area contributed by atoms with Crippen LogP contribution in [0.25, 0.3) is 44.4 Å². The molecule has 4 aliphatic heterocycles. The lowest BCUT2D eigenvalue weighted by atomic mass is 9.85. The first kappa shape index (κ1) is 78.6. The zero-order valence-electron chi connectivity index (χ0n) is 56.8. The molecule has 1 saturated heterocycles. The van der Waals surface area contributed by atoms with Crippen LogP contribution in [0.15, 0.2) is 143 Å². The molecule has 0 spiro atoms. The number of fused-ring (bicyclic) bond motifs is 9. The van der Waals surface area contributed by atoms with E-state index in [0.717, 1.165) is 11.1 Å². The minimum atomic E-state index is -3.83. The van der Waals surface area contributed by atoms with Crippen molar-refractivity contribution in [2.45, 2.75) is 93.5 Å². The standard InChI is InChI=1S/C22H17ClF3N5O3.C19H14BrClF3N3O3.C19H15BrClF2N3O4.C9H15BN2O2/c23-22(25,26)34-15-3-1-13(2-4-15)28-21(32)12-7-16(17-5-6-27-30-17)20-18(8-12)29-19-11-33-10-14(9-24)31(19)20;20-14-5-10(6-15-17(14)27-12(7-22)8-29-9-16(27)26-15)18(28)25-11-1-3-13(4-2-11)30-19(21,23)24;20-14-5-10(6-15-17(14)26-12(7-27)8-29-9-16(26)25-15)18(28)24-11-1-3-13(4-2-11)30-19(21,22)23;1-8(2)9(3,4)14-10(13-8)7-5-6-11-12-7/h1-8,14H,9-11H2,(H,27,30)(H,28,32);1-6,12H,7-9H2,(H,25,28);1-6,12,27H,7-9H2,(H,24,28);5-6H,1-4H3,(H,11,12)/t14-;2*12-;/m111./s1. The quantitative estimate of drug-likeness (QED) is 0.0280. The Balaban J connectivity index is 0.000000139. The average molecular weight is 1690 g/mol. The Morgan fingerprint density at radius 2 is 0.889 bits per heavy atom. The van der Waals surface area contributed by atoms with E-state index in [-0.39, 0.29) is 80.2 Å². The molecule has 1 fully saturated rings. The third kappa shape index (κ3) is 18.3. The third-order valence-electron chi connectivity index (χ3n) is 17.4. The fraction of sp³-hybridized carbons (Fsp3) is 0.304. The minimum absolute atomic E-state index is 0.0947. The van der Waals surface area contributed by atoms with Gasteiger partial charge in [-0.15, -0.1) is 26.3 Å². The van der Waals surface area contributed by atoms with Gasteiger partial charge in [0.1, 0.15) is 67.9 Å². The highest BCUT2D eigenvalue weighted by atomic mass is 79.9. The second kappa shape index (κ2) is 32.3. The first-order valence-electron chi connectivity index (χ1n) is 32.5. The van der Waals surface area contributed by atoms with Crippen molar-refractivity contribution >= 4 is 147 Å². The number of benzene rings is 6. The predicted molar refractivity (Wildman–Crippen MR) is 389 cm³/mol. The number of aromatic nitrogens is 10. The second-order valence-corrected chi connectivity index (χ2v) is 28.4. The van der Waals surface area contributed by atoms with Gasteiger partial charge in [-0.2, -0.15) is 10.2 Å². The van der Waals surface area contributed by atoms with Gasteiger partial charge in [0.2, 0.25) is 0 Å². The van der Waals surface area contributed by atoms with E-state index in [9.17, 15) is 54.6 Å². The Kier molecular flexibility index (Phi) is 23.5. The van der Waals surface area contributed by atoms with Crippen molar-refractivity contribution in [2.75, 3.05) is 55.7 Å². The summed E-state index contributed by atoms with van der Waals surface area (Å²) in [6, 6.07) is 28.1. The van der Waals surface area contributed by atoms with E-state index in [1.807, 2.05) is 42.9 Å². The Labute approximate surface area is 639 Å². The molecule has 3 amide bonds. The zero-order valence-corrected chi connectivity index (χ0v) is 62.2. The number of carbonyl (C=O) groups is 3. The van der Waals surface area contributed by atoms with E-state index < -0.39 is 59.9 Å². The Morgan fingerprint density at radius 3 is 1.24 bits per heavy atom. The fourth-order valence-electron chi connectivity index (χ4n) is 11.9. The van der Waals surface area contributed by atoms with Gasteiger partial charge in [-0.1, -0.05) is 0 Å². The summed E-state index contributed by atoms with van der Waals surface area (Å²) in [7, 11) is -0.331. The summed E-state index contributed by atoms with van der Waals surface area (Å²) in [5.74, 6) is 0.0790. The highest BCUT2D eigenvalue weighted by Crippen LogP contribution is 2.40. The highest BCUT2D eigenvalue weighted by molar-refractivity contribution is 9.11. The molecular weight excluding hydrogens is 1630 g/mol. The van der Waals surface area contributed by atoms with Crippen LogP contribution in [-0.4, -0.2) is 147 Å². The molecule has 568 valence electrons. The van der Waals surface area contributed by atoms with Gasteiger partial charge in [0, 0.05) is 95.5 Å². The highest BCUT2D eigenvalue weighted by Gasteiger charge is 2.52. The number of hydrogen-bond acceptors (Lipinski definition) is 17. The maximum Gasteiger partial charge on any atom is 0.513 e. The zero-order chi connectivity index (χ0) is 77.2. The number of hydrogen-bond donors (Lipinski definition) is 6. The van der Waals surface area contributed by atoms with E-state index in [2.05, 4.69) is 97.4 Å². The number of imidazole rings is 3. The second-order valence-electron chi connectivity index (χ2n) is 25.4. The Hall–Kier alpha value is -8.95. The average Bonchev–Trinajstić information content (AvgIpc) is 1.43. The lowest BCUT2D eigenvalue weighted by molar-refractivity contribution is -0.0972. The summed E-state index contributed by atoms with van der Waals surface area (Å²) < 4.78 is 151. The Bertz CT molecular complexity index is 4870. The van der Waals surface area contributed by atoms with E-state index in [1.165, 1.54) is 72.8 Å². The molecule has 3 atom stereocenters. The number of ether oxygens (including phenoxy) is 6. The molecule has 4 aliphatic rings. The van der Waals surface area contributed by atoms with Crippen LogP contribution in [0.5, 0.6) is 17.2 Å². The first-order chi connectivity index (χ1) is 51.2. The maximum absolute atomic E-state index is 13.7. The molecule has 5 aromatic heterocycles. The van der Waals surface area contributed by atoms with E-state index in [1.54, 1.807) is 59.4 Å². The topological polar surface area (TPSA) is 292 Å². The lowest BCUT2D eigenvalue weighted by Gasteiger charge is -2.32. The van der Waals surface area contributed by atoms with Gasteiger partial charge in [-0.25, -0.2) is 23.7 Å². The molecule has 0 aliphatic carbocycles. The molecule has 0 saturated carbocycles. The molecule has 9 heterocycles. The number of rotatable bonds is 17. The molecule has 108 heavy (non-hydrogen) atoms. The normalized spacial score (nSPS) is 17.2. The number of nitrogens with zero attached hydrogens (tertiary/aromatic N) is 8. The number of carbonyl (C=O) groups excluding carboxylic acids is 3. The molecule has 25 nitrogen and oxygen atoms in total. The number of anilines is 3. The number of aliphatic hydroxyl groups excluding tert-OH is 1. The van der Waals surface area contributed by atoms with E-state index in [4.69, 9.17) is 58.3 Å². The van der Waals surface area contributed by atoms with Crippen LogP contribution in [0.4, 0.5) is 52.2 Å². The fourth-order valence-corrected chi connectivity index (χ4v) is 13.4. The monoisotopic (exact) mass is 1690 g/mol. The summed E-state index contributed by atoms with van der Waals surface area (Å²) >= 11 is 21.2. The van der Waals surface area contributed by atoms with E-state index >= 15 is 0 Å². The maximum atomic E-state index is 13.7. The lowest BCUT2D eigenvalue weighted by Crippen LogP contribution is -2.41. The van der Waals surface area contributed by atoms with Crippen LogP contribution in [0.3, 0.4) is 0 Å². The van der Waals surface area contributed by atoms with Crippen molar-refractivity contribution < 1.29 is 92.3 Å². The number of aliphatic hydroxyl groups is 1. The third-order valence-corrected chi connectivity index (χ3v) is 18.9.